The summed E-state index contributed by atoms with van der Waals surface area (Å²) in [6.45, 7) is 9.88. The van der Waals surface area contributed by atoms with Crippen molar-refractivity contribution < 1.29 is 8.42 Å². The maximum Gasteiger partial charge on any atom is 0.240 e. The van der Waals surface area contributed by atoms with E-state index in [2.05, 4.69) is 33.8 Å². The first kappa shape index (κ1) is 17.9. The van der Waals surface area contributed by atoms with Gasteiger partial charge in [0.25, 0.3) is 0 Å². The van der Waals surface area contributed by atoms with Gasteiger partial charge in [-0.05, 0) is 25.6 Å². The van der Waals surface area contributed by atoms with Gasteiger partial charge in [0.15, 0.2) is 0 Å². The topological polar surface area (TPSA) is 74.3 Å². The Bertz CT molecular complexity index is 515. The first-order chi connectivity index (χ1) is 10.0. The number of nitrogens with one attached hydrogen (secondary N) is 2. The molecule has 0 aliphatic heterocycles. The van der Waals surface area contributed by atoms with Crippen molar-refractivity contribution in [2.24, 2.45) is 0 Å². The number of anilines is 1. The van der Waals surface area contributed by atoms with Crippen LogP contribution in [-0.2, 0) is 10.0 Å². The van der Waals surface area contributed by atoms with Crippen LogP contribution in [0.15, 0.2) is 23.2 Å². The van der Waals surface area contributed by atoms with Gasteiger partial charge in [0.05, 0.1) is 4.90 Å². The molecular weight excluding hydrogens is 288 g/mol. The fourth-order valence-electron chi connectivity index (χ4n) is 1.89. The fourth-order valence-corrected chi connectivity index (χ4v) is 2.92. The standard InChI is InChI=1S/C14H26N4O2S/c1-4-8-15-14-12-13(7-9-16-14)21(19,20)17-10-11-18(5-2)6-3/h7,9,12,17H,4-6,8,10-11H2,1-3H3,(H,15,16). The summed E-state index contributed by atoms with van der Waals surface area (Å²) in [6, 6.07) is 3.08. The Morgan fingerprint density at radius 1 is 1.19 bits per heavy atom. The molecule has 0 saturated heterocycles. The minimum absolute atomic E-state index is 0.246. The van der Waals surface area contributed by atoms with Crippen LogP contribution in [0, 0.1) is 0 Å². The molecule has 0 fully saturated rings. The van der Waals surface area contributed by atoms with E-state index in [0.717, 1.165) is 26.1 Å². The maximum absolute atomic E-state index is 12.2. The lowest BCUT2D eigenvalue weighted by Crippen LogP contribution is -2.34. The van der Waals surface area contributed by atoms with Crippen molar-refractivity contribution >= 4 is 15.8 Å². The number of rotatable bonds is 10. The summed E-state index contributed by atoms with van der Waals surface area (Å²) in [5.74, 6) is 0.587. The molecule has 0 atom stereocenters. The van der Waals surface area contributed by atoms with Crippen LogP contribution >= 0.6 is 0 Å². The molecule has 0 unspecified atom stereocenters. The highest BCUT2D eigenvalue weighted by Gasteiger charge is 2.14. The van der Waals surface area contributed by atoms with E-state index in [4.69, 9.17) is 0 Å². The highest BCUT2D eigenvalue weighted by Crippen LogP contribution is 2.12. The molecule has 0 bridgehead atoms. The molecule has 0 spiro atoms. The zero-order valence-electron chi connectivity index (χ0n) is 13.1. The van der Waals surface area contributed by atoms with Gasteiger partial charge in [0.1, 0.15) is 5.82 Å². The summed E-state index contributed by atoms with van der Waals surface area (Å²) in [5, 5.41) is 3.09. The van der Waals surface area contributed by atoms with Crippen LogP contribution in [0.5, 0.6) is 0 Å². The first-order valence-corrected chi connectivity index (χ1v) is 8.93. The van der Waals surface area contributed by atoms with Crippen LogP contribution in [-0.4, -0.2) is 51.0 Å². The van der Waals surface area contributed by atoms with Crippen LogP contribution in [0.2, 0.25) is 0 Å². The molecular formula is C14H26N4O2S. The third kappa shape index (κ3) is 5.99. The Kier molecular flexibility index (Phi) is 7.63. The van der Waals surface area contributed by atoms with Crippen molar-refractivity contribution in [1.82, 2.24) is 14.6 Å². The zero-order chi connectivity index (χ0) is 15.7. The van der Waals surface area contributed by atoms with Gasteiger partial charge in [0, 0.05) is 31.9 Å². The molecule has 0 radical (unpaired) electrons. The lowest BCUT2D eigenvalue weighted by molar-refractivity contribution is 0.309. The predicted octanol–water partition coefficient (Wildman–Crippen LogP) is 1.52. The normalized spacial score (nSPS) is 11.8. The van der Waals surface area contributed by atoms with Gasteiger partial charge in [-0.15, -0.1) is 0 Å². The number of pyridine rings is 1. The van der Waals surface area contributed by atoms with E-state index in [1.165, 1.54) is 12.3 Å². The van der Waals surface area contributed by atoms with Crippen molar-refractivity contribution in [2.45, 2.75) is 32.1 Å². The van der Waals surface area contributed by atoms with Gasteiger partial charge in [-0.1, -0.05) is 20.8 Å². The molecule has 2 N–H and O–H groups in total. The van der Waals surface area contributed by atoms with Crippen LogP contribution in [0.25, 0.3) is 0 Å². The van der Waals surface area contributed by atoms with E-state index in [0.29, 0.717) is 18.9 Å². The average Bonchev–Trinajstić information content (AvgIpc) is 2.50. The van der Waals surface area contributed by atoms with E-state index in [-0.39, 0.29) is 4.90 Å². The summed E-state index contributed by atoms with van der Waals surface area (Å²) in [5.41, 5.74) is 0. The summed E-state index contributed by atoms with van der Waals surface area (Å²) in [7, 11) is -3.48. The van der Waals surface area contributed by atoms with E-state index in [9.17, 15) is 8.42 Å². The van der Waals surface area contributed by atoms with Crippen molar-refractivity contribution in [3.63, 3.8) is 0 Å². The molecule has 0 aliphatic carbocycles. The monoisotopic (exact) mass is 314 g/mol. The first-order valence-electron chi connectivity index (χ1n) is 7.45. The SMILES string of the molecule is CCCNc1cc(S(=O)(=O)NCCN(CC)CC)ccn1. The molecule has 1 aromatic rings. The molecule has 7 heteroatoms. The third-order valence-electron chi connectivity index (χ3n) is 3.21. The lowest BCUT2D eigenvalue weighted by Gasteiger charge is -2.18. The van der Waals surface area contributed by atoms with Gasteiger partial charge in [-0.2, -0.15) is 0 Å². The number of hydrogen-bond donors (Lipinski definition) is 2. The largest absolute Gasteiger partial charge is 0.370 e. The molecule has 120 valence electrons. The van der Waals surface area contributed by atoms with Gasteiger partial charge >= 0.3 is 0 Å². The van der Waals surface area contributed by atoms with Gasteiger partial charge < -0.3 is 10.2 Å². The Morgan fingerprint density at radius 3 is 2.52 bits per heavy atom. The van der Waals surface area contributed by atoms with E-state index in [1.807, 2.05) is 6.92 Å². The summed E-state index contributed by atoms with van der Waals surface area (Å²) in [4.78, 5) is 6.53. The molecule has 1 rings (SSSR count). The quantitative estimate of drug-likeness (QED) is 0.685. The molecule has 21 heavy (non-hydrogen) atoms. The summed E-state index contributed by atoms with van der Waals surface area (Å²) in [6.07, 6.45) is 2.47. The van der Waals surface area contributed by atoms with Crippen LogP contribution in [0.1, 0.15) is 27.2 Å². The van der Waals surface area contributed by atoms with Gasteiger partial charge in [-0.25, -0.2) is 18.1 Å². The smallest absolute Gasteiger partial charge is 0.240 e. The molecule has 0 amide bonds. The molecule has 0 aliphatic rings. The Labute approximate surface area is 128 Å². The van der Waals surface area contributed by atoms with E-state index >= 15 is 0 Å². The minimum Gasteiger partial charge on any atom is -0.370 e. The number of sulfonamides is 1. The number of nitrogens with zero attached hydrogens (tertiary/aromatic N) is 2. The second-order valence-corrected chi connectivity index (χ2v) is 6.50. The second-order valence-electron chi connectivity index (χ2n) is 4.73. The molecule has 6 nitrogen and oxygen atoms in total. The molecule has 1 heterocycles. The van der Waals surface area contributed by atoms with Crippen molar-refractivity contribution in [1.29, 1.82) is 0 Å². The highest BCUT2D eigenvalue weighted by molar-refractivity contribution is 7.89. The lowest BCUT2D eigenvalue weighted by atomic mass is 10.4. The van der Waals surface area contributed by atoms with Gasteiger partial charge in [0.2, 0.25) is 10.0 Å². The molecule has 1 aromatic heterocycles. The Hall–Kier alpha value is -1.18. The van der Waals surface area contributed by atoms with Crippen molar-refractivity contribution in [3.8, 4) is 0 Å². The van der Waals surface area contributed by atoms with Crippen molar-refractivity contribution in [2.75, 3.05) is 38.0 Å². The summed E-state index contributed by atoms with van der Waals surface area (Å²) >= 11 is 0. The highest BCUT2D eigenvalue weighted by atomic mass is 32.2. The van der Waals surface area contributed by atoms with Crippen LogP contribution in [0.3, 0.4) is 0 Å². The Morgan fingerprint density at radius 2 is 1.90 bits per heavy atom. The Balaban J connectivity index is 2.65. The number of hydrogen-bond acceptors (Lipinski definition) is 5. The van der Waals surface area contributed by atoms with E-state index in [1.54, 1.807) is 6.07 Å². The minimum atomic E-state index is -3.48. The molecule has 0 aromatic carbocycles. The van der Waals surface area contributed by atoms with Crippen molar-refractivity contribution in [3.05, 3.63) is 18.3 Å². The average molecular weight is 314 g/mol. The predicted molar refractivity (Wildman–Crippen MR) is 86.0 cm³/mol. The van der Waals surface area contributed by atoms with Crippen LogP contribution in [0.4, 0.5) is 5.82 Å². The maximum atomic E-state index is 12.2. The third-order valence-corrected chi connectivity index (χ3v) is 4.67. The summed E-state index contributed by atoms with van der Waals surface area (Å²) < 4.78 is 27.1. The van der Waals surface area contributed by atoms with Gasteiger partial charge in [-0.3, -0.25) is 0 Å². The fraction of sp³-hybridized carbons (Fsp3) is 0.643. The second kappa shape index (κ2) is 8.96. The number of likely N-dealkylation sites (N-methyl/N-ethyl adjacent to an activating group) is 1. The molecule has 0 saturated carbocycles. The number of aromatic nitrogens is 1. The van der Waals surface area contributed by atoms with Crippen LogP contribution < -0.4 is 10.0 Å². The zero-order valence-corrected chi connectivity index (χ0v) is 13.9. The van der Waals surface area contributed by atoms with E-state index < -0.39 is 10.0 Å².